The first kappa shape index (κ1) is 17.4. The lowest BCUT2D eigenvalue weighted by molar-refractivity contribution is -0.119. The number of carbonyl (C=O) groups is 1. The summed E-state index contributed by atoms with van der Waals surface area (Å²) in [6.45, 7) is 1.83. The number of hydrogen-bond acceptors (Lipinski definition) is 6. The lowest BCUT2D eigenvalue weighted by Crippen LogP contribution is -2.22. The molecule has 1 aromatic heterocycles. The van der Waals surface area contributed by atoms with Gasteiger partial charge in [0, 0.05) is 11.3 Å². The van der Waals surface area contributed by atoms with Gasteiger partial charge in [-0.05, 0) is 24.1 Å². The van der Waals surface area contributed by atoms with E-state index in [0.29, 0.717) is 17.2 Å². The highest BCUT2D eigenvalue weighted by molar-refractivity contribution is 5.75. The van der Waals surface area contributed by atoms with E-state index in [2.05, 4.69) is 23.2 Å². The number of aromatic nitrogens is 2. The lowest BCUT2D eigenvalue weighted by Gasteiger charge is -2.24. The largest absolute Gasteiger partial charge is 0.484 e. The number of aromatic amines is 1. The van der Waals surface area contributed by atoms with Crippen LogP contribution in [0.25, 0.3) is 0 Å². The second kappa shape index (κ2) is 7.19. The van der Waals surface area contributed by atoms with E-state index in [9.17, 15) is 10.1 Å². The maximum atomic E-state index is 10.9. The summed E-state index contributed by atoms with van der Waals surface area (Å²) in [4.78, 5) is 10.9. The highest BCUT2D eigenvalue weighted by atomic mass is 16.5. The van der Waals surface area contributed by atoms with Gasteiger partial charge in [0.15, 0.2) is 6.61 Å². The Morgan fingerprint density at radius 3 is 3.00 bits per heavy atom. The Morgan fingerprint density at radius 1 is 1.50 bits per heavy atom. The summed E-state index contributed by atoms with van der Waals surface area (Å²) in [6.07, 6.45) is 1.67. The van der Waals surface area contributed by atoms with Gasteiger partial charge in [-0.25, -0.2) is 0 Å². The fourth-order valence-electron chi connectivity index (χ4n) is 3.02. The van der Waals surface area contributed by atoms with Crippen molar-refractivity contribution in [2.75, 3.05) is 6.61 Å². The Bertz CT molecular complexity index is 910. The molecule has 2 heterocycles. The minimum Gasteiger partial charge on any atom is -0.484 e. The maximum Gasteiger partial charge on any atom is 0.255 e. The van der Waals surface area contributed by atoms with Gasteiger partial charge in [0.25, 0.3) is 5.91 Å². The average Bonchev–Trinajstić information content (AvgIpc) is 3.01. The number of nitrogens with zero attached hydrogens (tertiary/aromatic N) is 2. The number of allylic oxidation sites excluding steroid dienone is 1. The number of H-pyrrole nitrogens is 1. The number of nitriles is 1. The van der Waals surface area contributed by atoms with Gasteiger partial charge in [-0.3, -0.25) is 9.89 Å². The Labute approximate surface area is 150 Å². The molecule has 1 amide bonds. The molecule has 0 radical (unpaired) electrons. The third kappa shape index (κ3) is 3.19. The van der Waals surface area contributed by atoms with Crippen LogP contribution in [0.4, 0.5) is 0 Å². The summed E-state index contributed by atoms with van der Waals surface area (Å²) in [7, 11) is 0. The van der Waals surface area contributed by atoms with Gasteiger partial charge < -0.3 is 20.9 Å². The summed E-state index contributed by atoms with van der Waals surface area (Å²) < 4.78 is 10.9. The number of rotatable bonds is 6. The second-order valence-electron chi connectivity index (χ2n) is 5.92. The summed E-state index contributed by atoms with van der Waals surface area (Å²) in [5, 5.41) is 16.8. The van der Waals surface area contributed by atoms with Gasteiger partial charge in [0.05, 0.1) is 5.92 Å². The Morgan fingerprint density at radius 2 is 2.31 bits per heavy atom. The molecule has 1 aliphatic rings. The molecule has 8 heteroatoms. The van der Waals surface area contributed by atoms with Crippen molar-refractivity contribution in [2.45, 2.75) is 25.7 Å². The quantitative estimate of drug-likeness (QED) is 0.718. The van der Waals surface area contributed by atoms with Crippen LogP contribution < -0.4 is 20.9 Å². The van der Waals surface area contributed by atoms with Crippen LogP contribution in [0, 0.1) is 11.3 Å². The molecule has 0 saturated carbocycles. The first-order valence-corrected chi connectivity index (χ1v) is 8.20. The third-order valence-corrected chi connectivity index (χ3v) is 4.09. The number of benzene rings is 1. The van der Waals surface area contributed by atoms with Crippen LogP contribution in [0.3, 0.4) is 0 Å². The molecule has 1 aromatic carbocycles. The molecule has 8 nitrogen and oxygen atoms in total. The Balaban J connectivity index is 2.08. The Hall–Kier alpha value is -3.47. The van der Waals surface area contributed by atoms with Crippen LogP contribution in [-0.4, -0.2) is 22.7 Å². The van der Waals surface area contributed by atoms with Gasteiger partial charge >= 0.3 is 0 Å². The SMILES string of the molecule is CCCc1[nH]nc2c1[C@@H](c1cccc(OCC(N)=O)c1)C(C#N)=C(N)O2. The van der Waals surface area contributed by atoms with Crippen molar-refractivity contribution in [3.8, 4) is 17.7 Å². The summed E-state index contributed by atoms with van der Waals surface area (Å²) in [5.41, 5.74) is 13.9. The average molecular weight is 353 g/mol. The fourth-order valence-corrected chi connectivity index (χ4v) is 3.02. The third-order valence-electron chi connectivity index (χ3n) is 4.09. The fraction of sp³-hybridized carbons (Fsp3) is 0.278. The van der Waals surface area contributed by atoms with Crippen LogP contribution in [0.5, 0.6) is 11.6 Å². The zero-order valence-electron chi connectivity index (χ0n) is 14.3. The van der Waals surface area contributed by atoms with Crippen LogP contribution >= 0.6 is 0 Å². The molecule has 2 aromatic rings. The topological polar surface area (TPSA) is 140 Å². The number of carbonyl (C=O) groups excluding carboxylic acids is 1. The zero-order valence-corrected chi connectivity index (χ0v) is 14.3. The number of hydrogen-bond donors (Lipinski definition) is 3. The summed E-state index contributed by atoms with van der Waals surface area (Å²) in [5.74, 6) is -0.112. The smallest absolute Gasteiger partial charge is 0.255 e. The molecule has 134 valence electrons. The minimum atomic E-state index is -0.564. The predicted octanol–water partition coefficient (Wildman–Crippen LogP) is 1.44. The molecule has 1 aliphatic heterocycles. The van der Waals surface area contributed by atoms with Crippen molar-refractivity contribution >= 4 is 5.91 Å². The Kier molecular flexibility index (Phi) is 4.80. The summed E-state index contributed by atoms with van der Waals surface area (Å²) in [6, 6.07) is 9.27. The van der Waals surface area contributed by atoms with Crippen LogP contribution in [0.1, 0.15) is 36.1 Å². The van der Waals surface area contributed by atoms with Gasteiger partial charge in [0.1, 0.15) is 17.4 Å². The molecule has 3 rings (SSSR count). The minimum absolute atomic E-state index is 0.0306. The molecule has 0 aliphatic carbocycles. The number of primary amides is 1. The molecular weight excluding hydrogens is 334 g/mol. The van der Waals surface area contributed by atoms with Crippen molar-refractivity contribution in [3.05, 3.63) is 52.5 Å². The number of amides is 1. The van der Waals surface area contributed by atoms with Crippen LogP contribution in [0.15, 0.2) is 35.7 Å². The first-order chi connectivity index (χ1) is 12.5. The van der Waals surface area contributed by atoms with Crippen molar-refractivity contribution < 1.29 is 14.3 Å². The van der Waals surface area contributed by atoms with Crippen molar-refractivity contribution in [1.29, 1.82) is 5.26 Å². The lowest BCUT2D eigenvalue weighted by atomic mass is 9.83. The second-order valence-corrected chi connectivity index (χ2v) is 5.92. The molecule has 1 atom stereocenters. The van der Waals surface area contributed by atoms with Crippen molar-refractivity contribution in [1.82, 2.24) is 10.2 Å². The number of aryl methyl sites for hydroxylation is 1. The standard InChI is InChI=1S/C18H19N5O3/c1-2-4-13-16-15(12(8-19)17(21)26-18(16)23-22-13)10-5-3-6-11(7-10)25-9-14(20)24/h3,5-7,15H,2,4,9,21H2,1H3,(H2,20,24)(H,22,23)/t15-/m0/s1. The van der Waals surface area contributed by atoms with Crippen molar-refractivity contribution in [2.24, 2.45) is 11.5 Å². The van der Waals surface area contributed by atoms with E-state index in [1.807, 2.05) is 6.07 Å². The molecule has 0 spiro atoms. The van der Waals surface area contributed by atoms with Crippen LogP contribution in [0.2, 0.25) is 0 Å². The van der Waals surface area contributed by atoms with Crippen molar-refractivity contribution in [3.63, 3.8) is 0 Å². The van der Waals surface area contributed by atoms with E-state index in [0.717, 1.165) is 29.7 Å². The number of ether oxygens (including phenoxy) is 2. The highest BCUT2D eigenvalue weighted by Gasteiger charge is 2.35. The number of nitrogens with one attached hydrogen (secondary N) is 1. The molecule has 26 heavy (non-hydrogen) atoms. The monoisotopic (exact) mass is 353 g/mol. The van der Waals surface area contributed by atoms with Crippen LogP contribution in [-0.2, 0) is 11.2 Å². The van der Waals surface area contributed by atoms with E-state index >= 15 is 0 Å². The molecule has 0 saturated heterocycles. The molecule has 0 fully saturated rings. The number of fused-ring (bicyclic) bond motifs is 1. The van der Waals surface area contributed by atoms with E-state index < -0.39 is 11.8 Å². The van der Waals surface area contributed by atoms with E-state index in [1.54, 1.807) is 18.2 Å². The summed E-state index contributed by atoms with van der Waals surface area (Å²) >= 11 is 0. The zero-order chi connectivity index (χ0) is 18.7. The predicted molar refractivity (Wildman–Crippen MR) is 93.0 cm³/mol. The molecule has 0 bridgehead atoms. The normalized spacial score (nSPS) is 15.8. The van der Waals surface area contributed by atoms with E-state index in [-0.39, 0.29) is 12.5 Å². The van der Waals surface area contributed by atoms with Gasteiger partial charge in [-0.2, -0.15) is 5.26 Å². The number of nitrogens with two attached hydrogens (primary N) is 2. The van der Waals surface area contributed by atoms with E-state index in [4.69, 9.17) is 20.9 Å². The van der Waals surface area contributed by atoms with Gasteiger partial charge in [-0.1, -0.05) is 25.5 Å². The molecule has 0 unspecified atom stereocenters. The van der Waals surface area contributed by atoms with Gasteiger partial charge in [0.2, 0.25) is 11.8 Å². The van der Waals surface area contributed by atoms with E-state index in [1.165, 1.54) is 0 Å². The molecular formula is C18H19N5O3. The highest BCUT2D eigenvalue weighted by Crippen LogP contribution is 2.43. The molecule has 5 N–H and O–H groups in total. The van der Waals surface area contributed by atoms with Gasteiger partial charge in [-0.15, -0.1) is 5.10 Å². The first-order valence-electron chi connectivity index (χ1n) is 8.20. The maximum absolute atomic E-state index is 10.9.